The van der Waals surface area contributed by atoms with Crippen LogP contribution in [0.4, 0.5) is 11.4 Å². The van der Waals surface area contributed by atoms with E-state index < -0.39 is 0 Å². The maximum Gasteiger partial charge on any atom is 0.265 e. The van der Waals surface area contributed by atoms with Crippen LogP contribution in [0.1, 0.15) is 38.8 Å². The Morgan fingerprint density at radius 1 is 1.00 bits per heavy atom. The van der Waals surface area contributed by atoms with Gasteiger partial charge in [-0.3, -0.25) is 14.4 Å². The highest BCUT2D eigenvalue weighted by Gasteiger charge is 2.26. The first-order valence-electron chi connectivity index (χ1n) is 9.96. The van der Waals surface area contributed by atoms with Crippen molar-refractivity contribution in [3.8, 4) is 5.75 Å². The first kappa shape index (κ1) is 20.3. The summed E-state index contributed by atoms with van der Waals surface area (Å²) in [4.78, 5) is 38.6. The normalized spacial score (nSPS) is 12.7. The lowest BCUT2D eigenvalue weighted by Gasteiger charge is -2.30. The first-order chi connectivity index (χ1) is 14.9. The Balaban J connectivity index is 1.57. The molecule has 1 aliphatic heterocycles. The van der Waals surface area contributed by atoms with Gasteiger partial charge in [0.1, 0.15) is 5.75 Å². The van der Waals surface area contributed by atoms with Crippen LogP contribution in [0.5, 0.6) is 5.75 Å². The summed E-state index contributed by atoms with van der Waals surface area (Å²) in [5, 5.41) is 2.88. The van der Waals surface area contributed by atoms with Gasteiger partial charge in [0.15, 0.2) is 12.4 Å². The monoisotopic (exact) mass is 414 g/mol. The van der Waals surface area contributed by atoms with Crippen molar-refractivity contribution in [2.24, 2.45) is 0 Å². The second-order valence-electron chi connectivity index (χ2n) is 7.53. The molecule has 1 aliphatic rings. The van der Waals surface area contributed by atoms with Crippen molar-refractivity contribution in [1.82, 2.24) is 0 Å². The van der Waals surface area contributed by atoms with Crippen molar-refractivity contribution in [3.63, 3.8) is 0 Å². The summed E-state index contributed by atoms with van der Waals surface area (Å²) in [6.07, 6.45) is 0. The molecule has 6 nitrogen and oxygen atoms in total. The Labute approximate surface area is 180 Å². The van der Waals surface area contributed by atoms with Gasteiger partial charge in [-0.1, -0.05) is 29.8 Å². The Kier molecular flexibility index (Phi) is 5.54. The molecule has 3 aromatic rings. The number of hydrogen-bond acceptors (Lipinski definition) is 4. The molecule has 0 saturated carbocycles. The fourth-order valence-electron chi connectivity index (χ4n) is 3.43. The largest absolute Gasteiger partial charge is 0.482 e. The molecule has 0 atom stereocenters. The molecule has 0 unspecified atom stereocenters. The van der Waals surface area contributed by atoms with Crippen molar-refractivity contribution in [3.05, 3.63) is 89.0 Å². The molecule has 3 aromatic carbocycles. The van der Waals surface area contributed by atoms with Crippen LogP contribution in [0.25, 0.3) is 0 Å². The molecule has 0 aliphatic carbocycles. The Bertz CT molecular complexity index is 1170. The summed E-state index contributed by atoms with van der Waals surface area (Å²) in [6, 6.07) is 19.8. The predicted molar refractivity (Wildman–Crippen MR) is 119 cm³/mol. The highest BCUT2D eigenvalue weighted by molar-refractivity contribution is 6.04. The number of ether oxygens (including phenoxy) is 1. The Morgan fingerprint density at radius 2 is 1.77 bits per heavy atom. The molecular formula is C25H22N2O4. The number of carbonyl (C=O) groups excluding carboxylic acids is 3. The van der Waals surface area contributed by atoms with E-state index in [-0.39, 0.29) is 30.7 Å². The minimum absolute atomic E-state index is 0.0694. The minimum Gasteiger partial charge on any atom is -0.482 e. The highest BCUT2D eigenvalue weighted by Crippen LogP contribution is 2.34. The second kappa shape index (κ2) is 8.44. The summed E-state index contributed by atoms with van der Waals surface area (Å²) >= 11 is 0. The quantitative estimate of drug-likeness (QED) is 0.629. The van der Waals surface area contributed by atoms with E-state index in [1.54, 1.807) is 41.3 Å². The van der Waals surface area contributed by atoms with E-state index in [2.05, 4.69) is 5.32 Å². The molecule has 6 heteroatoms. The lowest BCUT2D eigenvalue weighted by molar-refractivity contribution is -0.121. The van der Waals surface area contributed by atoms with Gasteiger partial charge in [0.2, 0.25) is 0 Å². The summed E-state index contributed by atoms with van der Waals surface area (Å²) in [7, 11) is 0. The fourth-order valence-corrected chi connectivity index (χ4v) is 3.43. The van der Waals surface area contributed by atoms with Crippen molar-refractivity contribution < 1.29 is 19.1 Å². The second-order valence-corrected chi connectivity index (χ2v) is 7.53. The van der Waals surface area contributed by atoms with Gasteiger partial charge in [0.25, 0.3) is 11.8 Å². The number of amides is 2. The van der Waals surface area contributed by atoms with Gasteiger partial charge in [0.05, 0.1) is 12.2 Å². The number of nitrogens with zero attached hydrogens (tertiary/aromatic N) is 1. The third-order valence-electron chi connectivity index (χ3n) is 5.15. The maximum absolute atomic E-state index is 12.7. The molecule has 1 heterocycles. The highest BCUT2D eigenvalue weighted by atomic mass is 16.5. The third-order valence-corrected chi connectivity index (χ3v) is 5.15. The van der Waals surface area contributed by atoms with E-state index in [0.29, 0.717) is 22.6 Å². The molecule has 1 N–H and O–H groups in total. The SMILES string of the molecule is CC(=O)c1ccc2c(c1)N(Cc1cccc(C(=O)Nc3ccc(C)cc3)c1)C(=O)CO2. The number of nitrogens with one attached hydrogen (secondary N) is 1. The molecule has 156 valence electrons. The van der Waals surface area contributed by atoms with Crippen LogP contribution in [-0.4, -0.2) is 24.2 Å². The van der Waals surface area contributed by atoms with E-state index in [1.165, 1.54) is 6.92 Å². The Hall–Kier alpha value is -3.93. The predicted octanol–water partition coefficient (Wildman–Crippen LogP) is 4.38. The smallest absolute Gasteiger partial charge is 0.265 e. The number of benzene rings is 3. The molecular weight excluding hydrogens is 392 g/mol. The van der Waals surface area contributed by atoms with Crippen LogP contribution in [0.2, 0.25) is 0 Å². The third kappa shape index (κ3) is 4.48. The Morgan fingerprint density at radius 3 is 2.52 bits per heavy atom. The van der Waals surface area contributed by atoms with Crippen molar-refractivity contribution in [1.29, 1.82) is 0 Å². The molecule has 0 spiro atoms. The first-order valence-corrected chi connectivity index (χ1v) is 9.96. The van der Waals surface area contributed by atoms with E-state index in [4.69, 9.17) is 4.74 Å². The number of fused-ring (bicyclic) bond motifs is 1. The van der Waals surface area contributed by atoms with E-state index in [9.17, 15) is 14.4 Å². The van der Waals surface area contributed by atoms with Crippen LogP contribution >= 0.6 is 0 Å². The molecule has 4 rings (SSSR count). The molecule has 0 aromatic heterocycles. The average molecular weight is 414 g/mol. The van der Waals surface area contributed by atoms with Crippen molar-refractivity contribution in [2.45, 2.75) is 20.4 Å². The summed E-state index contributed by atoms with van der Waals surface area (Å²) in [5.74, 6) is 0.0365. The maximum atomic E-state index is 12.7. The number of ketones is 1. The number of aryl methyl sites for hydroxylation is 1. The van der Waals surface area contributed by atoms with Gasteiger partial charge in [-0.05, 0) is 61.9 Å². The van der Waals surface area contributed by atoms with Gasteiger partial charge in [-0.2, -0.15) is 0 Å². The van der Waals surface area contributed by atoms with Crippen molar-refractivity contribution >= 4 is 29.0 Å². The van der Waals surface area contributed by atoms with Gasteiger partial charge in [-0.15, -0.1) is 0 Å². The summed E-state index contributed by atoms with van der Waals surface area (Å²) in [5.41, 5.74) is 4.19. The summed E-state index contributed by atoms with van der Waals surface area (Å²) in [6.45, 7) is 3.66. The van der Waals surface area contributed by atoms with Gasteiger partial charge < -0.3 is 15.0 Å². The zero-order valence-electron chi connectivity index (χ0n) is 17.3. The van der Waals surface area contributed by atoms with E-state index >= 15 is 0 Å². The van der Waals surface area contributed by atoms with Gasteiger partial charge >= 0.3 is 0 Å². The molecule has 0 saturated heterocycles. The van der Waals surface area contributed by atoms with Gasteiger partial charge in [-0.25, -0.2) is 0 Å². The molecule has 0 bridgehead atoms. The number of hydrogen-bond donors (Lipinski definition) is 1. The fraction of sp³-hybridized carbons (Fsp3) is 0.160. The number of Topliss-reactive ketones (excluding diaryl/α,β-unsaturated/α-hetero) is 1. The lowest BCUT2D eigenvalue weighted by Crippen LogP contribution is -2.38. The van der Waals surface area contributed by atoms with Crippen LogP contribution in [0, 0.1) is 6.92 Å². The van der Waals surface area contributed by atoms with Crippen LogP contribution in [-0.2, 0) is 11.3 Å². The van der Waals surface area contributed by atoms with Gasteiger partial charge in [0, 0.05) is 16.8 Å². The molecule has 0 radical (unpaired) electrons. The number of carbonyl (C=O) groups is 3. The van der Waals surface area contributed by atoms with Crippen LogP contribution in [0.15, 0.2) is 66.7 Å². The molecule has 0 fully saturated rings. The average Bonchev–Trinajstić information content (AvgIpc) is 2.77. The number of anilines is 2. The lowest BCUT2D eigenvalue weighted by atomic mass is 10.1. The van der Waals surface area contributed by atoms with E-state index in [0.717, 1.165) is 16.8 Å². The molecule has 2 amide bonds. The van der Waals surface area contributed by atoms with Crippen molar-refractivity contribution in [2.75, 3.05) is 16.8 Å². The van der Waals surface area contributed by atoms with Crippen LogP contribution in [0.3, 0.4) is 0 Å². The standard InChI is InChI=1S/C25H22N2O4/c1-16-6-9-21(10-7-16)26-25(30)20-5-3-4-18(12-20)14-27-22-13-19(17(2)28)8-11-23(22)31-15-24(27)29/h3-13H,14-15H2,1-2H3,(H,26,30). The van der Waals surface area contributed by atoms with E-state index in [1.807, 2.05) is 37.3 Å². The topological polar surface area (TPSA) is 75.7 Å². The minimum atomic E-state index is -0.224. The zero-order valence-corrected chi connectivity index (χ0v) is 17.3. The van der Waals surface area contributed by atoms with Crippen LogP contribution < -0.4 is 15.0 Å². The summed E-state index contributed by atoms with van der Waals surface area (Å²) < 4.78 is 5.51. The molecule has 31 heavy (non-hydrogen) atoms. The number of rotatable bonds is 5. The zero-order chi connectivity index (χ0) is 22.0.